The van der Waals surface area contributed by atoms with Crippen LogP contribution in [0.15, 0.2) is 60.1 Å². The fourth-order valence-electron chi connectivity index (χ4n) is 3.73. The van der Waals surface area contributed by atoms with Crippen molar-refractivity contribution < 1.29 is 0 Å². The molecule has 3 heteroatoms. The Balaban J connectivity index is 2.35. The lowest BCUT2D eigenvalue weighted by molar-refractivity contribution is 0.236. The standard InChI is InChI=1S/C26H41N3/c1-7-9-13-26(28(6)19-23-11-10-12-23)25(27-5)20-29(18-21(3)4)24-16-14-22(8-2)15-17-24/h7,9,13-17,20-21,23,27H,8,10-12,18-19H2,1-6H3/b9-7+,25-20+,26-13+. The van der Waals surface area contributed by atoms with Gasteiger partial charge in [-0.15, -0.1) is 0 Å². The number of nitrogens with zero attached hydrogens (tertiary/aromatic N) is 2. The van der Waals surface area contributed by atoms with Gasteiger partial charge in [0, 0.05) is 39.1 Å². The minimum absolute atomic E-state index is 0.575. The average Bonchev–Trinajstić information content (AvgIpc) is 2.69. The molecule has 0 amide bonds. The second-order valence-electron chi connectivity index (χ2n) is 8.61. The minimum Gasteiger partial charge on any atom is -0.385 e. The molecule has 1 aromatic carbocycles. The predicted molar refractivity (Wildman–Crippen MR) is 128 cm³/mol. The van der Waals surface area contributed by atoms with E-state index in [2.05, 4.69) is 98.6 Å². The van der Waals surface area contributed by atoms with Crippen LogP contribution in [0.5, 0.6) is 0 Å². The van der Waals surface area contributed by atoms with Crippen LogP contribution < -0.4 is 10.2 Å². The molecule has 0 aromatic heterocycles. The maximum atomic E-state index is 3.47. The van der Waals surface area contributed by atoms with Gasteiger partial charge in [-0.1, -0.05) is 51.5 Å². The zero-order chi connectivity index (χ0) is 21.2. The Morgan fingerprint density at radius 3 is 2.38 bits per heavy atom. The van der Waals surface area contributed by atoms with E-state index in [1.807, 2.05) is 7.05 Å². The van der Waals surface area contributed by atoms with Gasteiger partial charge in [-0.3, -0.25) is 0 Å². The Morgan fingerprint density at radius 1 is 1.21 bits per heavy atom. The Kier molecular flexibility index (Phi) is 9.37. The van der Waals surface area contributed by atoms with Gasteiger partial charge in [0.2, 0.25) is 0 Å². The van der Waals surface area contributed by atoms with E-state index in [1.54, 1.807) is 0 Å². The molecule has 1 fully saturated rings. The molecular formula is C26H41N3. The molecular weight excluding hydrogens is 354 g/mol. The van der Waals surface area contributed by atoms with Crippen LogP contribution in [0.4, 0.5) is 5.69 Å². The molecule has 160 valence electrons. The second kappa shape index (κ2) is 11.7. The highest BCUT2D eigenvalue weighted by atomic mass is 15.2. The molecule has 1 N–H and O–H groups in total. The molecule has 29 heavy (non-hydrogen) atoms. The third-order valence-electron chi connectivity index (χ3n) is 5.68. The minimum atomic E-state index is 0.575. The van der Waals surface area contributed by atoms with Gasteiger partial charge in [-0.2, -0.15) is 0 Å². The Bertz CT molecular complexity index is 693. The Labute approximate surface area is 179 Å². The van der Waals surface area contributed by atoms with Crippen molar-refractivity contribution in [3.8, 4) is 0 Å². The lowest BCUT2D eigenvalue weighted by Crippen LogP contribution is -2.33. The van der Waals surface area contributed by atoms with Crippen LogP contribution in [0.25, 0.3) is 0 Å². The lowest BCUT2D eigenvalue weighted by atomic mass is 9.85. The molecule has 1 aromatic rings. The van der Waals surface area contributed by atoms with E-state index in [-0.39, 0.29) is 0 Å². The smallest absolute Gasteiger partial charge is 0.0740 e. The van der Waals surface area contributed by atoms with E-state index in [4.69, 9.17) is 0 Å². The molecule has 2 rings (SSSR count). The molecule has 0 bridgehead atoms. The van der Waals surface area contributed by atoms with Gasteiger partial charge in [0.25, 0.3) is 0 Å². The van der Waals surface area contributed by atoms with Crippen molar-refractivity contribution in [1.29, 1.82) is 0 Å². The van der Waals surface area contributed by atoms with Crippen molar-refractivity contribution in [2.75, 3.05) is 32.1 Å². The van der Waals surface area contributed by atoms with E-state index >= 15 is 0 Å². The highest BCUT2D eigenvalue weighted by molar-refractivity contribution is 5.52. The SMILES string of the molecule is C/C=C/C=C(\C(=C/N(CC(C)C)c1ccc(CC)cc1)NC)N(C)CC1CCC1. The van der Waals surface area contributed by atoms with Crippen LogP contribution in [-0.4, -0.2) is 32.1 Å². The van der Waals surface area contributed by atoms with Crippen molar-refractivity contribution in [2.45, 2.75) is 53.4 Å². The molecule has 1 aliphatic rings. The summed E-state index contributed by atoms with van der Waals surface area (Å²) >= 11 is 0. The number of anilines is 1. The molecule has 0 aliphatic heterocycles. The van der Waals surface area contributed by atoms with Gasteiger partial charge in [-0.25, -0.2) is 0 Å². The second-order valence-corrected chi connectivity index (χ2v) is 8.61. The van der Waals surface area contributed by atoms with Gasteiger partial charge >= 0.3 is 0 Å². The molecule has 0 saturated heterocycles. The number of allylic oxidation sites excluding steroid dienone is 3. The number of likely N-dealkylation sites (N-methyl/N-ethyl adjacent to an activating group) is 2. The molecule has 0 radical (unpaired) electrons. The van der Waals surface area contributed by atoms with E-state index in [0.717, 1.165) is 31.1 Å². The lowest BCUT2D eigenvalue weighted by Gasteiger charge is -2.34. The largest absolute Gasteiger partial charge is 0.385 e. The maximum Gasteiger partial charge on any atom is 0.0740 e. The van der Waals surface area contributed by atoms with Crippen LogP contribution in [0.2, 0.25) is 0 Å². The van der Waals surface area contributed by atoms with Crippen molar-refractivity contribution in [3.63, 3.8) is 0 Å². The topological polar surface area (TPSA) is 18.5 Å². The number of aryl methyl sites for hydroxylation is 1. The Morgan fingerprint density at radius 2 is 1.90 bits per heavy atom. The summed E-state index contributed by atoms with van der Waals surface area (Å²) in [4.78, 5) is 4.80. The predicted octanol–water partition coefficient (Wildman–Crippen LogP) is 5.96. The molecule has 0 atom stereocenters. The van der Waals surface area contributed by atoms with E-state index in [0.29, 0.717) is 5.92 Å². The first-order valence-electron chi connectivity index (χ1n) is 11.3. The molecule has 3 nitrogen and oxygen atoms in total. The van der Waals surface area contributed by atoms with Crippen LogP contribution in [-0.2, 0) is 6.42 Å². The zero-order valence-electron chi connectivity index (χ0n) is 19.4. The quantitative estimate of drug-likeness (QED) is 0.466. The molecule has 0 unspecified atom stereocenters. The van der Waals surface area contributed by atoms with Crippen LogP contribution in [0.1, 0.15) is 52.5 Å². The van der Waals surface area contributed by atoms with Crippen molar-refractivity contribution in [2.24, 2.45) is 11.8 Å². The van der Waals surface area contributed by atoms with Gasteiger partial charge in [0.1, 0.15) is 0 Å². The summed E-state index contributed by atoms with van der Waals surface area (Å²) in [6.45, 7) is 10.9. The molecule has 0 heterocycles. The van der Waals surface area contributed by atoms with E-state index < -0.39 is 0 Å². The zero-order valence-corrected chi connectivity index (χ0v) is 19.4. The first kappa shape index (κ1) is 23.1. The summed E-state index contributed by atoms with van der Waals surface area (Å²) < 4.78 is 0. The van der Waals surface area contributed by atoms with Gasteiger partial charge in [0.05, 0.1) is 11.4 Å². The fourth-order valence-corrected chi connectivity index (χ4v) is 3.73. The summed E-state index contributed by atoms with van der Waals surface area (Å²) in [7, 11) is 4.25. The summed E-state index contributed by atoms with van der Waals surface area (Å²) in [5, 5.41) is 3.47. The number of hydrogen-bond acceptors (Lipinski definition) is 3. The molecule has 1 aliphatic carbocycles. The van der Waals surface area contributed by atoms with Crippen molar-refractivity contribution in [1.82, 2.24) is 10.2 Å². The molecule has 1 saturated carbocycles. The van der Waals surface area contributed by atoms with Crippen molar-refractivity contribution in [3.05, 3.63) is 65.7 Å². The normalized spacial score (nSPS) is 15.7. The highest BCUT2D eigenvalue weighted by Gasteiger charge is 2.21. The monoisotopic (exact) mass is 395 g/mol. The van der Waals surface area contributed by atoms with Gasteiger partial charge < -0.3 is 15.1 Å². The third-order valence-corrected chi connectivity index (χ3v) is 5.68. The first-order valence-corrected chi connectivity index (χ1v) is 11.3. The summed E-state index contributed by atoms with van der Waals surface area (Å²) in [5.41, 5.74) is 5.03. The summed E-state index contributed by atoms with van der Waals surface area (Å²) in [6, 6.07) is 8.99. The van der Waals surface area contributed by atoms with Gasteiger partial charge in [-0.05, 0) is 61.8 Å². The third kappa shape index (κ3) is 6.99. The Hall–Kier alpha value is -2.16. The number of nitrogens with one attached hydrogen (secondary N) is 1. The highest BCUT2D eigenvalue weighted by Crippen LogP contribution is 2.29. The number of benzene rings is 1. The van der Waals surface area contributed by atoms with Crippen LogP contribution in [0.3, 0.4) is 0 Å². The number of hydrogen-bond donors (Lipinski definition) is 1. The van der Waals surface area contributed by atoms with Crippen LogP contribution >= 0.6 is 0 Å². The fraction of sp³-hybridized carbons (Fsp3) is 0.538. The van der Waals surface area contributed by atoms with E-state index in [9.17, 15) is 0 Å². The van der Waals surface area contributed by atoms with E-state index in [1.165, 1.54) is 36.2 Å². The maximum absolute atomic E-state index is 3.47. The summed E-state index contributed by atoms with van der Waals surface area (Å²) in [6.07, 6.45) is 13.9. The number of rotatable bonds is 11. The van der Waals surface area contributed by atoms with Crippen LogP contribution in [0, 0.1) is 11.8 Å². The van der Waals surface area contributed by atoms with Gasteiger partial charge in [0.15, 0.2) is 0 Å². The van der Waals surface area contributed by atoms with Crippen molar-refractivity contribution >= 4 is 5.69 Å². The first-order chi connectivity index (χ1) is 14.0. The molecule has 0 spiro atoms. The average molecular weight is 396 g/mol. The summed E-state index contributed by atoms with van der Waals surface area (Å²) in [5.74, 6) is 1.41.